The normalized spacial score (nSPS) is 12.2. The largest absolute Gasteiger partial charge is 0.469 e. The number of carbonyl (C=O) groups is 1. The van der Waals surface area contributed by atoms with Crippen molar-refractivity contribution in [3.8, 4) is 0 Å². The highest BCUT2D eigenvalue weighted by molar-refractivity contribution is 8.00. The van der Waals surface area contributed by atoms with E-state index in [1.165, 1.54) is 24.9 Å². The standard InChI is InChI=1S/C11H12ClFO2S/c1-7(5-11(14)15-2)16-8-3-4-10(13)9(12)6-8/h3-4,6-7H,5H2,1-2H3. The maximum absolute atomic E-state index is 12.9. The molecule has 0 aromatic heterocycles. The van der Waals surface area contributed by atoms with Crippen molar-refractivity contribution in [3.05, 3.63) is 29.0 Å². The molecule has 0 N–H and O–H groups in total. The zero-order valence-electron chi connectivity index (χ0n) is 9.00. The van der Waals surface area contributed by atoms with Crippen LogP contribution in [0.3, 0.4) is 0 Å². The van der Waals surface area contributed by atoms with Gasteiger partial charge in [0.25, 0.3) is 0 Å². The molecule has 0 aliphatic carbocycles. The van der Waals surface area contributed by atoms with Gasteiger partial charge in [-0.25, -0.2) is 4.39 Å². The van der Waals surface area contributed by atoms with Crippen molar-refractivity contribution in [3.63, 3.8) is 0 Å². The van der Waals surface area contributed by atoms with Crippen LogP contribution in [0.4, 0.5) is 4.39 Å². The van der Waals surface area contributed by atoms with Crippen LogP contribution in [0.2, 0.25) is 5.02 Å². The van der Waals surface area contributed by atoms with E-state index in [1.54, 1.807) is 12.1 Å². The lowest BCUT2D eigenvalue weighted by atomic mass is 10.3. The summed E-state index contributed by atoms with van der Waals surface area (Å²) in [5.41, 5.74) is 0. The van der Waals surface area contributed by atoms with Crippen LogP contribution in [0, 0.1) is 5.82 Å². The predicted molar refractivity (Wildman–Crippen MR) is 63.4 cm³/mol. The first-order chi connectivity index (χ1) is 7.52. The third-order valence-electron chi connectivity index (χ3n) is 1.91. The van der Waals surface area contributed by atoms with Crippen molar-refractivity contribution in [2.24, 2.45) is 0 Å². The van der Waals surface area contributed by atoms with Crippen molar-refractivity contribution < 1.29 is 13.9 Å². The van der Waals surface area contributed by atoms with Gasteiger partial charge in [-0.1, -0.05) is 18.5 Å². The van der Waals surface area contributed by atoms with E-state index in [9.17, 15) is 9.18 Å². The van der Waals surface area contributed by atoms with Crippen LogP contribution in [0.1, 0.15) is 13.3 Å². The molecule has 0 amide bonds. The number of ether oxygens (including phenoxy) is 1. The maximum Gasteiger partial charge on any atom is 0.306 e. The summed E-state index contributed by atoms with van der Waals surface area (Å²) < 4.78 is 17.4. The number of methoxy groups -OCH3 is 1. The second-order valence-corrected chi connectivity index (χ2v) is 5.20. The molecule has 1 unspecified atom stereocenters. The molecule has 0 saturated heterocycles. The van der Waals surface area contributed by atoms with Gasteiger partial charge in [0.2, 0.25) is 0 Å². The van der Waals surface area contributed by atoms with Crippen LogP contribution in [0.15, 0.2) is 23.1 Å². The van der Waals surface area contributed by atoms with E-state index in [2.05, 4.69) is 4.74 Å². The molecule has 88 valence electrons. The Morgan fingerprint density at radius 1 is 1.62 bits per heavy atom. The molecular formula is C11H12ClFO2S. The van der Waals surface area contributed by atoms with Crippen molar-refractivity contribution >= 4 is 29.3 Å². The van der Waals surface area contributed by atoms with Crippen LogP contribution in [-0.2, 0) is 9.53 Å². The Balaban J connectivity index is 2.59. The van der Waals surface area contributed by atoms with Gasteiger partial charge in [-0.05, 0) is 18.2 Å². The number of benzene rings is 1. The number of rotatable bonds is 4. The Labute approximate surface area is 103 Å². The monoisotopic (exact) mass is 262 g/mol. The molecule has 2 nitrogen and oxygen atoms in total. The maximum atomic E-state index is 12.9. The fourth-order valence-electron chi connectivity index (χ4n) is 1.14. The highest BCUT2D eigenvalue weighted by Gasteiger charge is 2.11. The molecule has 5 heteroatoms. The third-order valence-corrected chi connectivity index (χ3v) is 3.29. The molecule has 0 aliphatic heterocycles. The number of thioether (sulfide) groups is 1. The molecule has 1 rings (SSSR count). The molecule has 0 radical (unpaired) electrons. The summed E-state index contributed by atoms with van der Waals surface area (Å²) >= 11 is 7.11. The molecule has 1 atom stereocenters. The summed E-state index contributed by atoms with van der Waals surface area (Å²) in [7, 11) is 1.36. The lowest BCUT2D eigenvalue weighted by Gasteiger charge is -2.09. The first kappa shape index (κ1) is 13.3. The molecule has 0 bridgehead atoms. The van der Waals surface area contributed by atoms with Gasteiger partial charge in [0.1, 0.15) is 5.82 Å². The molecule has 0 fully saturated rings. The van der Waals surface area contributed by atoms with E-state index in [0.717, 1.165) is 4.90 Å². The van der Waals surface area contributed by atoms with Gasteiger partial charge < -0.3 is 4.74 Å². The van der Waals surface area contributed by atoms with Gasteiger partial charge in [0.15, 0.2) is 0 Å². The Kier molecular flexibility index (Phi) is 5.09. The lowest BCUT2D eigenvalue weighted by molar-refractivity contribution is -0.140. The first-order valence-electron chi connectivity index (χ1n) is 4.71. The topological polar surface area (TPSA) is 26.3 Å². The summed E-state index contributed by atoms with van der Waals surface area (Å²) in [4.78, 5) is 11.8. The van der Waals surface area contributed by atoms with E-state index >= 15 is 0 Å². The minimum absolute atomic E-state index is 0.0639. The van der Waals surface area contributed by atoms with Gasteiger partial charge in [-0.15, -0.1) is 11.8 Å². The summed E-state index contributed by atoms with van der Waals surface area (Å²) in [5, 5.41) is 0.157. The number of carbonyl (C=O) groups excluding carboxylic acids is 1. The van der Waals surface area contributed by atoms with Gasteiger partial charge in [0.05, 0.1) is 18.6 Å². The van der Waals surface area contributed by atoms with Crippen molar-refractivity contribution in [1.29, 1.82) is 0 Å². The summed E-state index contributed by atoms with van der Waals surface area (Å²) in [6, 6.07) is 4.50. The zero-order valence-corrected chi connectivity index (χ0v) is 10.6. The second-order valence-electron chi connectivity index (χ2n) is 3.28. The van der Waals surface area contributed by atoms with Crippen molar-refractivity contribution in [2.75, 3.05) is 7.11 Å². The van der Waals surface area contributed by atoms with Crippen molar-refractivity contribution in [1.82, 2.24) is 0 Å². The molecule has 0 aliphatic rings. The van der Waals surface area contributed by atoms with Crippen LogP contribution in [-0.4, -0.2) is 18.3 Å². The Morgan fingerprint density at radius 2 is 2.31 bits per heavy atom. The van der Waals surface area contributed by atoms with Crippen LogP contribution in [0.5, 0.6) is 0 Å². The summed E-state index contributed by atoms with van der Waals surface area (Å²) in [5.74, 6) is -0.695. The van der Waals surface area contributed by atoms with E-state index in [1.807, 2.05) is 6.92 Å². The van der Waals surface area contributed by atoms with E-state index in [-0.39, 0.29) is 16.2 Å². The van der Waals surface area contributed by atoms with Gasteiger partial charge in [0, 0.05) is 10.1 Å². The minimum atomic E-state index is -0.438. The molecular weight excluding hydrogens is 251 g/mol. The predicted octanol–water partition coefficient (Wildman–Crippen LogP) is 3.52. The van der Waals surface area contributed by atoms with Gasteiger partial charge in [-0.3, -0.25) is 4.79 Å². The zero-order chi connectivity index (χ0) is 12.1. The molecule has 0 saturated carbocycles. The second kappa shape index (κ2) is 6.11. The summed E-state index contributed by atoms with van der Waals surface area (Å²) in [6.07, 6.45) is 0.316. The Morgan fingerprint density at radius 3 is 2.88 bits per heavy atom. The van der Waals surface area contributed by atoms with E-state index in [0.29, 0.717) is 6.42 Å². The minimum Gasteiger partial charge on any atom is -0.469 e. The smallest absolute Gasteiger partial charge is 0.306 e. The fraction of sp³-hybridized carbons (Fsp3) is 0.364. The number of hydrogen-bond acceptors (Lipinski definition) is 3. The third kappa shape index (κ3) is 4.02. The van der Waals surface area contributed by atoms with Crippen LogP contribution >= 0.6 is 23.4 Å². The molecule has 0 spiro atoms. The lowest BCUT2D eigenvalue weighted by Crippen LogP contribution is -2.08. The molecule has 1 aromatic carbocycles. The van der Waals surface area contributed by atoms with E-state index < -0.39 is 5.82 Å². The molecule has 0 heterocycles. The highest BCUT2D eigenvalue weighted by Crippen LogP contribution is 2.28. The van der Waals surface area contributed by atoms with Crippen LogP contribution in [0.25, 0.3) is 0 Å². The quantitative estimate of drug-likeness (QED) is 0.613. The first-order valence-corrected chi connectivity index (χ1v) is 5.97. The highest BCUT2D eigenvalue weighted by atomic mass is 35.5. The summed E-state index contributed by atoms with van der Waals surface area (Å²) in [6.45, 7) is 1.90. The van der Waals surface area contributed by atoms with Crippen molar-refractivity contribution in [2.45, 2.75) is 23.5 Å². The molecule has 16 heavy (non-hydrogen) atoms. The fourth-order valence-corrected chi connectivity index (χ4v) is 2.40. The number of halogens is 2. The van der Waals surface area contributed by atoms with Gasteiger partial charge in [-0.2, -0.15) is 0 Å². The Hall–Kier alpha value is -0.740. The Bertz CT molecular complexity index is 384. The average Bonchev–Trinajstić information content (AvgIpc) is 2.23. The van der Waals surface area contributed by atoms with Gasteiger partial charge >= 0.3 is 5.97 Å². The number of esters is 1. The van der Waals surface area contributed by atoms with Crippen LogP contribution < -0.4 is 0 Å². The molecule has 1 aromatic rings. The number of hydrogen-bond donors (Lipinski definition) is 0. The van der Waals surface area contributed by atoms with E-state index in [4.69, 9.17) is 11.6 Å². The average molecular weight is 263 g/mol. The SMILES string of the molecule is COC(=O)CC(C)Sc1ccc(F)c(Cl)c1.